The third kappa shape index (κ3) is 3.85. The molecule has 0 aliphatic rings. The predicted molar refractivity (Wildman–Crippen MR) is 93.3 cm³/mol. The third-order valence-corrected chi connectivity index (χ3v) is 4.48. The highest BCUT2D eigenvalue weighted by Gasteiger charge is 2.09. The highest BCUT2D eigenvalue weighted by Crippen LogP contribution is 2.29. The molecule has 2 heterocycles. The van der Waals surface area contributed by atoms with Crippen molar-refractivity contribution in [3.05, 3.63) is 71.4 Å². The maximum absolute atomic E-state index is 12.1. The molecule has 6 heteroatoms. The van der Waals surface area contributed by atoms with E-state index in [1.165, 1.54) is 11.3 Å². The van der Waals surface area contributed by atoms with Gasteiger partial charge in [-0.1, -0.05) is 12.1 Å². The largest absolute Gasteiger partial charge is 0.477 e. The van der Waals surface area contributed by atoms with E-state index in [2.05, 4.69) is 10.3 Å². The van der Waals surface area contributed by atoms with Crippen LogP contribution in [0.15, 0.2) is 60.9 Å². The number of hydrogen-bond acceptors (Lipinski definition) is 4. The Hall–Kier alpha value is -2.99. The van der Waals surface area contributed by atoms with Gasteiger partial charge in [-0.05, 0) is 47.5 Å². The lowest BCUT2D eigenvalue weighted by Gasteiger charge is -2.07. The number of pyridine rings is 1. The number of aromatic carboxylic acids is 1. The highest BCUT2D eigenvalue weighted by atomic mass is 32.1. The summed E-state index contributed by atoms with van der Waals surface area (Å²) < 4.78 is 0. The standard InChI is InChI=1S/C18H14N2O3S/c21-17(10-12-6-8-19-9-7-12)20-14-3-1-2-13(11-14)15-4-5-16(24-15)18(22)23/h1-9,11H,10H2,(H,20,21)(H,22,23). The zero-order chi connectivity index (χ0) is 16.9. The predicted octanol–water partition coefficient (Wildman–Crippen LogP) is 3.69. The molecule has 0 atom stereocenters. The molecule has 2 aromatic heterocycles. The van der Waals surface area contributed by atoms with E-state index in [-0.39, 0.29) is 17.2 Å². The highest BCUT2D eigenvalue weighted by molar-refractivity contribution is 7.17. The topological polar surface area (TPSA) is 79.3 Å². The van der Waals surface area contributed by atoms with Crippen LogP contribution in [0, 0.1) is 0 Å². The lowest BCUT2D eigenvalue weighted by molar-refractivity contribution is -0.115. The second-order valence-electron chi connectivity index (χ2n) is 5.13. The third-order valence-electron chi connectivity index (χ3n) is 3.36. The van der Waals surface area contributed by atoms with Crippen molar-refractivity contribution >= 4 is 28.9 Å². The summed E-state index contributed by atoms with van der Waals surface area (Å²) in [6.45, 7) is 0. The molecule has 5 nitrogen and oxygen atoms in total. The van der Waals surface area contributed by atoms with Crippen LogP contribution < -0.4 is 5.32 Å². The smallest absolute Gasteiger partial charge is 0.345 e. The van der Waals surface area contributed by atoms with Gasteiger partial charge in [0.1, 0.15) is 4.88 Å². The second-order valence-corrected chi connectivity index (χ2v) is 6.21. The van der Waals surface area contributed by atoms with E-state index in [1.807, 2.05) is 18.2 Å². The van der Waals surface area contributed by atoms with Crippen LogP contribution in [0.1, 0.15) is 15.2 Å². The number of hydrogen-bond donors (Lipinski definition) is 2. The van der Waals surface area contributed by atoms with Gasteiger partial charge in [-0.25, -0.2) is 4.79 Å². The first-order valence-electron chi connectivity index (χ1n) is 7.24. The number of nitrogens with one attached hydrogen (secondary N) is 1. The average molecular weight is 338 g/mol. The van der Waals surface area contributed by atoms with E-state index >= 15 is 0 Å². The Morgan fingerprint density at radius 3 is 2.58 bits per heavy atom. The molecule has 0 saturated heterocycles. The average Bonchev–Trinajstić information content (AvgIpc) is 3.06. The Bertz CT molecular complexity index is 875. The summed E-state index contributed by atoms with van der Waals surface area (Å²) in [4.78, 5) is 28.2. The van der Waals surface area contributed by atoms with Crippen LogP contribution in [-0.2, 0) is 11.2 Å². The molecule has 0 aliphatic heterocycles. The first-order valence-corrected chi connectivity index (χ1v) is 8.06. The summed E-state index contributed by atoms with van der Waals surface area (Å²) >= 11 is 1.21. The Balaban J connectivity index is 1.73. The summed E-state index contributed by atoms with van der Waals surface area (Å²) in [5, 5.41) is 11.9. The first kappa shape index (κ1) is 15.9. The summed E-state index contributed by atoms with van der Waals surface area (Å²) in [7, 11) is 0. The normalized spacial score (nSPS) is 10.3. The fraction of sp³-hybridized carbons (Fsp3) is 0.0556. The summed E-state index contributed by atoms with van der Waals surface area (Å²) in [6.07, 6.45) is 3.58. The minimum Gasteiger partial charge on any atom is -0.477 e. The molecule has 0 bridgehead atoms. The van der Waals surface area contributed by atoms with Crippen LogP contribution >= 0.6 is 11.3 Å². The molecule has 0 fully saturated rings. The van der Waals surface area contributed by atoms with Gasteiger partial charge in [-0.3, -0.25) is 9.78 Å². The number of carboxylic acid groups (broad SMARTS) is 1. The van der Waals surface area contributed by atoms with Gasteiger partial charge < -0.3 is 10.4 Å². The summed E-state index contributed by atoms with van der Waals surface area (Å²) in [5.74, 6) is -1.05. The fourth-order valence-electron chi connectivity index (χ4n) is 2.25. The van der Waals surface area contributed by atoms with E-state index in [0.717, 1.165) is 16.0 Å². The number of amides is 1. The van der Waals surface area contributed by atoms with E-state index in [4.69, 9.17) is 5.11 Å². The van der Waals surface area contributed by atoms with Crippen LogP contribution in [0.5, 0.6) is 0 Å². The van der Waals surface area contributed by atoms with Gasteiger partial charge in [0.25, 0.3) is 0 Å². The Morgan fingerprint density at radius 2 is 1.88 bits per heavy atom. The minimum atomic E-state index is -0.937. The molecule has 0 spiro atoms. The molecule has 1 amide bonds. The molecule has 0 unspecified atom stereocenters. The molecule has 120 valence electrons. The molecule has 3 rings (SSSR count). The fourth-order valence-corrected chi connectivity index (χ4v) is 3.09. The molecular formula is C18H14N2O3S. The van der Waals surface area contributed by atoms with Crippen molar-refractivity contribution in [2.45, 2.75) is 6.42 Å². The number of thiophene rings is 1. The van der Waals surface area contributed by atoms with Gasteiger partial charge in [0, 0.05) is 23.0 Å². The SMILES string of the molecule is O=C(Cc1ccncc1)Nc1cccc(-c2ccc(C(=O)O)s2)c1. The van der Waals surface area contributed by atoms with Crippen molar-refractivity contribution in [2.75, 3.05) is 5.32 Å². The van der Waals surface area contributed by atoms with Gasteiger partial charge in [0.05, 0.1) is 6.42 Å². The number of rotatable bonds is 5. The van der Waals surface area contributed by atoms with Gasteiger partial charge in [-0.15, -0.1) is 11.3 Å². The van der Waals surface area contributed by atoms with Gasteiger partial charge >= 0.3 is 5.97 Å². The number of carbonyl (C=O) groups excluding carboxylic acids is 1. The van der Waals surface area contributed by atoms with E-state index in [1.54, 1.807) is 42.7 Å². The number of anilines is 1. The van der Waals surface area contributed by atoms with Crippen molar-refractivity contribution in [3.63, 3.8) is 0 Å². The van der Waals surface area contributed by atoms with Crippen molar-refractivity contribution in [3.8, 4) is 10.4 Å². The second kappa shape index (κ2) is 7.06. The summed E-state index contributed by atoms with van der Waals surface area (Å²) in [6, 6.07) is 14.3. The van der Waals surface area contributed by atoms with E-state index in [0.29, 0.717) is 5.69 Å². The lowest BCUT2D eigenvalue weighted by Crippen LogP contribution is -2.14. The zero-order valence-electron chi connectivity index (χ0n) is 12.6. The first-order chi connectivity index (χ1) is 11.6. The number of nitrogens with zero attached hydrogens (tertiary/aromatic N) is 1. The number of benzene rings is 1. The monoisotopic (exact) mass is 338 g/mol. The molecule has 24 heavy (non-hydrogen) atoms. The van der Waals surface area contributed by atoms with Crippen LogP contribution in [0.25, 0.3) is 10.4 Å². The van der Waals surface area contributed by atoms with Gasteiger partial charge in [-0.2, -0.15) is 0 Å². The Labute approximate surface area is 142 Å². The van der Waals surface area contributed by atoms with Crippen LogP contribution in [0.3, 0.4) is 0 Å². The maximum Gasteiger partial charge on any atom is 0.345 e. The number of carboxylic acids is 1. The van der Waals surface area contributed by atoms with Crippen molar-refractivity contribution in [2.24, 2.45) is 0 Å². The maximum atomic E-state index is 12.1. The van der Waals surface area contributed by atoms with Crippen molar-refractivity contribution < 1.29 is 14.7 Å². The van der Waals surface area contributed by atoms with E-state index in [9.17, 15) is 9.59 Å². The molecule has 0 aliphatic carbocycles. The molecule has 3 aromatic rings. The van der Waals surface area contributed by atoms with Crippen molar-refractivity contribution in [1.82, 2.24) is 4.98 Å². The van der Waals surface area contributed by atoms with Crippen LogP contribution in [0.4, 0.5) is 5.69 Å². The van der Waals surface area contributed by atoms with Crippen LogP contribution in [-0.4, -0.2) is 22.0 Å². The molecule has 0 radical (unpaired) electrons. The van der Waals surface area contributed by atoms with Gasteiger partial charge in [0.2, 0.25) is 5.91 Å². The quantitative estimate of drug-likeness (QED) is 0.743. The number of aromatic nitrogens is 1. The molecule has 0 saturated carbocycles. The summed E-state index contributed by atoms with van der Waals surface area (Å²) in [5.41, 5.74) is 2.44. The van der Waals surface area contributed by atoms with Crippen molar-refractivity contribution in [1.29, 1.82) is 0 Å². The van der Waals surface area contributed by atoms with Gasteiger partial charge in [0.15, 0.2) is 0 Å². The lowest BCUT2D eigenvalue weighted by atomic mass is 10.1. The molecule has 2 N–H and O–H groups in total. The molecular weight excluding hydrogens is 324 g/mol. The zero-order valence-corrected chi connectivity index (χ0v) is 13.4. The van der Waals surface area contributed by atoms with Crippen LogP contribution in [0.2, 0.25) is 0 Å². The Morgan fingerprint density at radius 1 is 1.08 bits per heavy atom. The Kier molecular flexibility index (Phi) is 4.67. The minimum absolute atomic E-state index is 0.115. The number of carbonyl (C=O) groups is 2. The van der Waals surface area contributed by atoms with E-state index < -0.39 is 5.97 Å². The molecule has 1 aromatic carbocycles.